The smallest absolute Gasteiger partial charge is 0.237 e. The average molecular weight is 328 g/mol. The Labute approximate surface area is 148 Å². The summed E-state index contributed by atoms with van der Waals surface area (Å²) in [4.78, 5) is 0. The molecule has 1 heterocycles. The number of rotatable bonds is 12. The number of hydrogen-bond acceptors (Lipinski definition) is 0. The molecule has 0 atom stereocenters. The Morgan fingerprint density at radius 2 is 1.38 bits per heavy atom. The zero-order valence-electron chi connectivity index (χ0n) is 15.7. The molecule has 0 aliphatic heterocycles. The molecular formula is C22H35N2+. The summed E-state index contributed by atoms with van der Waals surface area (Å²) in [6, 6.07) is 10.7. The number of unbranched alkanes of at least 4 members (excludes halogenated alkanes) is 9. The number of hydrogen-bond donors (Lipinski definition) is 0. The Morgan fingerprint density at radius 1 is 0.792 bits per heavy atom. The van der Waals surface area contributed by atoms with Crippen LogP contribution < -0.4 is 4.57 Å². The van der Waals surface area contributed by atoms with Gasteiger partial charge in [0, 0.05) is 6.42 Å². The summed E-state index contributed by atoms with van der Waals surface area (Å²) in [6.45, 7) is 2.29. The van der Waals surface area contributed by atoms with E-state index in [9.17, 15) is 0 Å². The number of imidazole rings is 1. The first-order chi connectivity index (χ1) is 11.8. The van der Waals surface area contributed by atoms with Gasteiger partial charge in [0.15, 0.2) is 0 Å². The molecule has 0 amide bonds. The number of benzene rings is 1. The highest BCUT2D eigenvalue weighted by Gasteiger charge is 2.15. The van der Waals surface area contributed by atoms with Crippen molar-refractivity contribution in [1.29, 1.82) is 0 Å². The van der Waals surface area contributed by atoms with Gasteiger partial charge in [0.05, 0.1) is 7.05 Å². The molecule has 2 aromatic rings. The van der Waals surface area contributed by atoms with Gasteiger partial charge in [-0.1, -0.05) is 82.9 Å². The average Bonchev–Trinajstić information content (AvgIpc) is 2.98. The molecule has 2 heteroatoms. The molecule has 0 fully saturated rings. The lowest BCUT2D eigenvalue weighted by Gasteiger charge is -2.04. The predicted molar refractivity (Wildman–Crippen MR) is 102 cm³/mol. The minimum Gasteiger partial charge on any atom is -0.237 e. The Balaban J connectivity index is 1.66. The minimum absolute atomic E-state index is 1.16. The van der Waals surface area contributed by atoms with Crippen molar-refractivity contribution in [3.05, 3.63) is 48.5 Å². The maximum atomic E-state index is 2.33. The molecule has 0 spiro atoms. The number of aromatic nitrogens is 2. The van der Waals surface area contributed by atoms with Crippen molar-refractivity contribution in [2.45, 2.75) is 77.6 Å². The van der Waals surface area contributed by atoms with E-state index in [-0.39, 0.29) is 0 Å². The Hall–Kier alpha value is -1.57. The second-order valence-corrected chi connectivity index (χ2v) is 6.96. The summed E-state index contributed by atoms with van der Waals surface area (Å²) in [7, 11) is 2.16. The van der Waals surface area contributed by atoms with E-state index in [1.807, 2.05) is 0 Å². The van der Waals surface area contributed by atoms with Gasteiger partial charge >= 0.3 is 0 Å². The summed E-state index contributed by atoms with van der Waals surface area (Å²) >= 11 is 0. The van der Waals surface area contributed by atoms with Crippen molar-refractivity contribution in [1.82, 2.24) is 4.57 Å². The molecule has 0 saturated carbocycles. The second kappa shape index (κ2) is 11.1. The van der Waals surface area contributed by atoms with E-state index < -0.39 is 0 Å². The summed E-state index contributed by atoms with van der Waals surface area (Å²) in [5, 5.41) is 0. The Bertz CT molecular complexity index is 557. The molecule has 24 heavy (non-hydrogen) atoms. The van der Waals surface area contributed by atoms with Gasteiger partial charge in [-0.25, -0.2) is 4.57 Å². The van der Waals surface area contributed by atoms with E-state index in [0.717, 1.165) is 6.42 Å². The van der Waals surface area contributed by atoms with Crippen LogP contribution in [0.25, 0.3) is 5.69 Å². The largest absolute Gasteiger partial charge is 0.261 e. The molecule has 0 saturated heterocycles. The van der Waals surface area contributed by atoms with Crippen molar-refractivity contribution in [3.8, 4) is 5.69 Å². The first-order valence-corrected chi connectivity index (χ1v) is 9.94. The van der Waals surface area contributed by atoms with Crippen LogP contribution in [0.5, 0.6) is 0 Å². The fourth-order valence-corrected chi connectivity index (χ4v) is 3.40. The zero-order valence-corrected chi connectivity index (χ0v) is 15.7. The lowest BCUT2D eigenvalue weighted by molar-refractivity contribution is -0.678. The van der Waals surface area contributed by atoms with Gasteiger partial charge in [-0.15, -0.1) is 0 Å². The van der Waals surface area contributed by atoms with Crippen LogP contribution in [0.15, 0.2) is 42.7 Å². The second-order valence-electron chi connectivity index (χ2n) is 6.96. The van der Waals surface area contributed by atoms with Crippen molar-refractivity contribution in [2.24, 2.45) is 7.05 Å². The summed E-state index contributed by atoms with van der Waals surface area (Å²) in [5.41, 5.74) is 1.26. The maximum Gasteiger partial charge on any atom is 0.261 e. The molecule has 132 valence electrons. The molecule has 2 nitrogen and oxygen atoms in total. The molecule has 0 bridgehead atoms. The van der Waals surface area contributed by atoms with E-state index in [4.69, 9.17) is 0 Å². The van der Waals surface area contributed by atoms with Crippen molar-refractivity contribution < 1.29 is 4.57 Å². The van der Waals surface area contributed by atoms with Gasteiger partial charge in [-0.05, 0) is 18.6 Å². The SMILES string of the molecule is CCCCCCCCCCCCc1n(-c2ccccc2)cc[n+]1C. The van der Waals surface area contributed by atoms with Crippen LogP contribution in [0.3, 0.4) is 0 Å². The van der Waals surface area contributed by atoms with Crippen LogP contribution in [0.4, 0.5) is 0 Å². The van der Waals surface area contributed by atoms with E-state index in [1.165, 1.54) is 75.7 Å². The van der Waals surface area contributed by atoms with Gasteiger partial charge in [-0.2, -0.15) is 4.57 Å². The third-order valence-electron chi connectivity index (χ3n) is 4.91. The zero-order chi connectivity index (χ0) is 17.0. The van der Waals surface area contributed by atoms with E-state index >= 15 is 0 Å². The fourth-order valence-electron chi connectivity index (χ4n) is 3.40. The lowest BCUT2D eigenvalue weighted by atomic mass is 10.1. The number of para-hydroxylation sites is 1. The van der Waals surface area contributed by atoms with E-state index in [0.29, 0.717) is 0 Å². The van der Waals surface area contributed by atoms with Gasteiger partial charge in [0.1, 0.15) is 18.1 Å². The maximum absolute atomic E-state index is 2.33. The molecule has 0 N–H and O–H groups in total. The van der Waals surface area contributed by atoms with Gasteiger partial charge in [-0.3, -0.25) is 0 Å². The Morgan fingerprint density at radius 3 is 2.00 bits per heavy atom. The molecule has 0 aliphatic rings. The van der Waals surface area contributed by atoms with Crippen molar-refractivity contribution in [2.75, 3.05) is 0 Å². The van der Waals surface area contributed by atoms with E-state index in [1.54, 1.807) is 0 Å². The van der Waals surface area contributed by atoms with Crippen molar-refractivity contribution in [3.63, 3.8) is 0 Å². The van der Waals surface area contributed by atoms with Crippen LogP contribution in [-0.4, -0.2) is 4.57 Å². The Kier molecular flexibility index (Phi) is 8.65. The summed E-state index contributed by atoms with van der Waals surface area (Å²) in [6.07, 6.45) is 19.5. The number of aryl methyl sites for hydroxylation is 1. The molecule has 1 aromatic carbocycles. The standard InChI is InChI=1S/C22H35N2/c1-3-4-5-6-7-8-9-10-11-15-18-22-23(2)19-20-24(22)21-16-13-12-14-17-21/h12-14,16-17,19-20H,3-11,15,18H2,1-2H3/q+1. The first kappa shape index (κ1) is 18.8. The number of nitrogens with zero attached hydrogens (tertiary/aromatic N) is 2. The molecule has 0 aliphatic carbocycles. The summed E-state index contributed by atoms with van der Waals surface area (Å²) < 4.78 is 4.59. The van der Waals surface area contributed by atoms with Gasteiger partial charge in [0.25, 0.3) is 5.82 Å². The lowest BCUT2D eigenvalue weighted by Crippen LogP contribution is -2.31. The van der Waals surface area contributed by atoms with E-state index in [2.05, 4.69) is 65.8 Å². The summed E-state index contributed by atoms with van der Waals surface area (Å²) in [5.74, 6) is 1.40. The molecule has 0 radical (unpaired) electrons. The van der Waals surface area contributed by atoms with Gasteiger partial charge < -0.3 is 0 Å². The van der Waals surface area contributed by atoms with Gasteiger partial charge in [0.2, 0.25) is 0 Å². The molecular weight excluding hydrogens is 292 g/mol. The van der Waals surface area contributed by atoms with Crippen LogP contribution in [0.1, 0.15) is 77.0 Å². The minimum atomic E-state index is 1.16. The third kappa shape index (κ3) is 6.14. The highest BCUT2D eigenvalue weighted by Crippen LogP contribution is 2.14. The van der Waals surface area contributed by atoms with Crippen LogP contribution in [-0.2, 0) is 13.5 Å². The highest BCUT2D eigenvalue weighted by atomic mass is 15.1. The molecule has 2 rings (SSSR count). The quantitative estimate of drug-likeness (QED) is 0.346. The molecule has 0 unspecified atom stereocenters. The van der Waals surface area contributed by atoms with Crippen molar-refractivity contribution >= 4 is 0 Å². The molecule has 1 aromatic heterocycles. The normalized spacial score (nSPS) is 11.1. The predicted octanol–water partition coefficient (Wildman–Crippen LogP) is 5.77. The third-order valence-corrected chi connectivity index (χ3v) is 4.91. The first-order valence-electron chi connectivity index (χ1n) is 9.94. The topological polar surface area (TPSA) is 8.81 Å². The fraction of sp³-hybridized carbons (Fsp3) is 0.591. The van der Waals surface area contributed by atoms with Crippen LogP contribution in [0, 0.1) is 0 Å². The highest BCUT2D eigenvalue weighted by molar-refractivity contribution is 5.31. The van der Waals surface area contributed by atoms with Crippen LogP contribution >= 0.6 is 0 Å². The monoisotopic (exact) mass is 327 g/mol. The van der Waals surface area contributed by atoms with Crippen LogP contribution in [0.2, 0.25) is 0 Å².